The normalized spacial score (nSPS) is 13.8. The number of ether oxygens (including phenoxy) is 1. The number of hydrogen-bond acceptors (Lipinski definition) is 3. The second kappa shape index (κ2) is 8.01. The van der Waals surface area contributed by atoms with E-state index in [1.165, 1.54) is 6.07 Å². The van der Waals surface area contributed by atoms with Crippen molar-refractivity contribution in [3.05, 3.63) is 60.1 Å². The average Bonchev–Trinajstić information content (AvgIpc) is 2.40. The van der Waals surface area contributed by atoms with Crippen LogP contribution >= 0.6 is 11.8 Å². The third-order valence-electron chi connectivity index (χ3n) is 2.80. The number of allylic oxidation sites excluding steroid dienone is 3. The molecule has 0 saturated carbocycles. The summed E-state index contributed by atoms with van der Waals surface area (Å²) >= 11 is 1.54. The number of likely N-dealkylation sites (N-methyl/N-ethyl adjacent to an activating group) is 1. The van der Waals surface area contributed by atoms with Crippen molar-refractivity contribution in [2.24, 2.45) is 0 Å². The fraction of sp³-hybridized carbons (Fsp3) is 0.200. The van der Waals surface area contributed by atoms with E-state index in [1.807, 2.05) is 19.4 Å². The first kappa shape index (κ1) is 17.5. The Morgan fingerprint density at radius 2 is 2.20 bits per heavy atom. The van der Waals surface area contributed by atoms with Gasteiger partial charge >= 0.3 is 0 Å². The molecule has 0 aromatic heterocycles. The van der Waals surface area contributed by atoms with Gasteiger partial charge in [-0.3, -0.25) is 0 Å². The molecule has 0 aliphatic carbocycles. The molecule has 1 aliphatic heterocycles. The van der Waals surface area contributed by atoms with Crippen molar-refractivity contribution in [3.8, 4) is 5.75 Å². The van der Waals surface area contributed by atoms with Crippen LogP contribution in [0.25, 0.3) is 5.70 Å². The maximum Gasteiger partial charge on any atom is 0.133 e. The van der Waals surface area contributed by atoms with Crippen LogP contribution < -0.4 is 4.74 Å². The van der Waals surface area contributed by atoms with Gasteiger partial charge in [0.05, 0.1) is 5.82 Å². The van der Waals surface area contributed by atoms with Gasteiger partial charge in [0.25, 0.3) is 0 Å². The molecule has 1 aromatic carbocycles. The molecule has 1 aliphatic rings. The first-order chi connectivity index (χ1) is 9.13. The molecular weight excluding hydrogens is 350 g/mol. The summed E-state index contributed by atoms with van der Waals surface area (Å²) in [5, 5.41) is 0. The van der Waals surface area contributed by atoms with Gasteiger partial charge in [-0.2, -0.15) is 12.2 Å². The maximum absolute atomic E-state index is 14.1. The molecule has 103 valence electrons. The molecule has 0 bridgehead atoms. The molecule has 0 unspecified atom stereocenters. The zero-order chi connectivity index (χ0) is 13.8. The van der Waals surface area contributed by atoms with Crippen LogP contribution in [0, 0.1) is 11.9 Å². The van der Waals surface area contributed by atoms with Crippen LogP contribution in [0.5, 0.6) is 5.75 Å². The Morgan fingerprint density at radius 1 is 1.45 bits per heavy atom. The molecule has 0 spiro atoms. The summed E-state index contributed by atoms with van der Waals surface area (Å²) in [4.78, 5) is 1.81. The summed E-state index contributed by atoms with van der Waals surface area (Å²) in [6.45, 7) is 3.89. The molecule has 0 N–H and O–H groups in total. The summed E-state index contributed by atoms with van der Waals surface area (Å²) in [5.41, 5.74) is 1.96. The zero-order valence-corrected chi connectivity index (χ0v) is 15.2. The maximum atomic E-state index is 14.1. The minimum atomic E-state index is -0.323. The summed E-state index contributed by atoms with van der Waals surface area (Å²) in [6.07, 6.45) is 8.54. The molecule has 5 heteroatoms. The van der Waals surface area contributed by atoms with E-state index in [0.29, 0.717) is 22.9 Å². The van der Waals surface area contributed by atoms with Gasteiger partial charge in [-0.25, -0.2) is 4.39 Å². The molecule has 1 radical (unpaired) electrons. The van der Waals surface area contributed by atoms with Crippen molar-refractivity contribution < 1.29 is 41.8 Å². The predicted octanol–water partition coefficient (Wildman–Crippen LogP) is 3.68. The van der Waals surface area contributed by atoms with E-state index in [4.69, 9.17) is 4.74 Å². The Balaban J connectivity index is 0.00000200. The van der Waals surface area contributed by atoms with Crippen LogP contribution in [0.1, 0.15) is 5.56 Å². The monoisotopic (exact) mass is 365 g/mol. The number of hydrogen-bond donors (Lipinski definition) is 0. The third-order valence-corrected chi connectivity index (χ3v) is 3.15. The minimum Gasteiger partial charge on any atom is -0.483 e. The van der Waals surface area contributed by atoms with Crippen molar-refractivity contribution in [2.45, 2.75) is 0 Å². The summed E-state index contributed by atoms with van der Waals surface area (Å²) in [6, 6.07) is 4.86. The fourth-order valence-corrected chi connectivity index (χ4v) is 1.99. The summed E-state index contributed by atoms with van der Waals surface area (Å²) < 4.78 is 19.5. The van der Waals surface area contributed by atoms with E-state index in [1.54, 1.807) is 34.9 Å². The Kier molecular flexibility index (Phi) is 7.00. The van der Waals surface area contributed by atoms with Crippen molar-refractivity contribution in [3.63, 3.8) is 0 Å². The number of thioether (sulfide) groups is 1. The smallest absolute Gasteiger partial charge is 0.133 e. The molecule has 0 amide bonds. The van der Waals surface area contributed by atoms with Gasteiger partial charge in [0.1, 0.15) is 11.7 Å². The van der Waals surface area contributed by atoms with Gasteiger partial charge in [-0.1, -0.05) is 17.8 Å². The topological polar surface area (TPSA) is 12.5 Å². The second-order valence-electron chi connectivity index (χ2n) is 4.07. The Hall–Kier alpha value is -0.576. The van der Waals surface area contributed by atoms with Crippen LogP contribution in [0.4, 0.5) is 4.39 Å². The Bertz CT molecular complexity index is 557. The molecule has 0 atom stereocenters. The fourth-order valence-electron chi connectivity index (χ4n) is 1.73. The average molecular weight is 365 g/mol. The largest absolute Gasteiger partial charge is 0.483 e. The zero-order valence-electron chi connectivity index (χ0n) is 11.5. The van der Waals surface area contributed by atoms with E-state index < -0.39 is 0 Å². The second-order valence-corrected chi connectivity index (χ2v) is 4.88. The van der Waals surface area contributed by atoms with Gasteiger partial charge < -0.3 is 9.64 Å². The van der Waals surface area contributed by atoms with Gasteiger partial charge in [0.2, 0.25) is 0 Å². The van der Waals surface area contributed by atoms with Gasteiger partial charge in [-0.05, 0) is 18.0 Å². The Morgan fingerprint density at radius 3 is 2.85 bits per heavy atom. The van der Waals surface area contributed by atoms with E-state index in [2.05, 4.69) is 12.7 Å². The molecule has 2 rings (SSSR count). The van der Waals surface area contributed by atoms with Crippen LogP contribution in [-0.2, 0) is 32.7 Å². The number of halogens is 1. The van der Waals surface area contributed by atoms with Crippen LogP contribution in [0.15, 0.2) is 42.6 Å². The summed E-state index contributed by atoms with van der Waals surface area (Å²) in [5.74, 6) is 0.715. The Labute approximate surface area is 148 Å². The minimum absolute atomic E-state index is 0. The molecule has 0 fully saturated rings. The standard InChI is InChI=1S/C15H15FNOS.Y/c1-11-5-4-6-15(17(11)2)13-8-7-12(9-14(13)16)18-10-19-3;/h4-5,7-9H,1,10H2,2-3H3;/q-1;. The molecule has 2 nitrogen and oxygen atoms in total. The summed E-state index contributed by atoms with van der Waals surface area (Å²) in [7, 11) is 1.84. The molecular formula is C15H15FNOSY-. The van der Waals surface area contributed by atoms with Crippen molar-refractivity contribution in [1.82, 2.24) is 4.90 Å². The molecule has 1 aromatic rings. The van der Waals surface area contributed by atoms with E-state index in [0.717, 1.165) is 5.70 Å². The number of rotatable bonds is 4. The number of nitrogens with zero attached hydrogens (tertiary/aromatic N) is 1. The van der Waals surface area contributed by atoms with Crippen molar-refractivity contribution >= 4 is 17.5 Å². The number of benzene rings is 1. The van der Waals surface area contributed by atoms with E-state index >= 15 is 0 Å². The van der Waals surface area contributed by atoms with Gasteiger partial charge in [-0.15, -0.1) is 23.9 Å². The van der Waals surface area contributed by atoms with Crippen molar-refractivity contribution in [2.75, 3.05) is 19.2 Å². The van der Waals surface area contributed by atoms with Crippen molar-refractivity contribution in [1.29, 1.82) is 0 Å². The van der Waals surface area contributed by atoms with Crippen LogP contribution in [0.3, 0.4) is 0 Å². The van der Waals surface area contributed by atoms with Gasteiger partial charge in [0.15, 0.2) is 0 Å². The van der Waals surface area contributed by atoms with E-state index in [-0.39, 0.29) is 38.5 Å². The quantitative estimate of drug-likeness (QED) is 0.597. The van der Waals surface area contributed by atoms with Crippen LogP contribution in [-0.4, -0.2) is 24.1 Å². The molecule has 1 heterocycles. The van der Waals surface area contributed by atoms with E-state index in [9.17, 15) is 4.39 Å². The first-order valence-corrected chi connectivity index (χ1v) is 7.17. The van der Waals surface area contributed by atoms with Gasteiger partial charge in [0, 0.05) is 45.8 Å². The molecule has 0 saturated heterocycles. The first-order valence-electron chi connectivity index (χ1n) is 5.78. The third kappa shape index (κ3) is 3.97. The predicted molar refractivity (Wildman–Crippen MR) is 78.1 cm³/mol. The molecule has 20 heavy (non-hydrogen) atoms. The SMILES string of the molecule is C=C1C=C[C-]=C(c2ccc(OCSC)cc2F)N1C.[Y]. The van der Waals surface area contributed by atoms with Crippen LogP contribution in [0.2, 0.25) is 0 Å².